The van der Waals surface area contributed by atoms with E-state index in [4.69, 9.17) is 10.2 Å². The largest absolute Gasteiger partial charge is 0.477 e. The van der Waals surface area contributed by atoms with Gasteiger partial charge in [-0.05, 0) is 6.07 Å². The van der Waals surface area contributed by atoms with E-state index in [2.05, 4.69) is 0 Å². The Morgan fingerprint density at radius 1 is 1.00 bits per heavy atom. The summed E-state index contributed by atoms with van der Waals surface area (Å²) in [7, 11) is 0. The Morgan fingerprint density at radius 2 is 1.53 bits per heavy atom. The van der Waals surface area contributed by atoms with Crippen LogP contribution < -0.4 is 0 Å². The number of carboxylic acids is 2. The first-order valence-corrected chi connectivity index (χ1v) is 3.95. The molecule has 1 rings (SSSR count). The summed E-state index contributed by atoms with van der Waals surface area (Å²) in [6, 6.07) is 0.0261. The fourth-order valence-corrected chi connectivity index (χ4v) is 1.07. The quantitative estimate of drug-likeness (QED) is 0.474. The molecule has 0 radical (unpaired) electrons. The zero-order chi connectivity index (χ0) is 13.3. The predicted molar refractivity (Wildman–Crippen MR) is 45.2 cm³/mol. The summed E-state index contributed by atoms with van der Waals surface area (Å²) in [5, 5.41) is 16.6. The van der Waals surface area contributed by atoms with Crippen LogP contribution in [0.4, 0.5) is 13.2 Å². The molecule has 8 heteroatoms. The van der Waals surface area contributed by atoms with Crippen molar-refractivity contribution in [1.29, 1.82) is 0 Å². The lowest BCUT2D eigenvalue weighted by molar-refractivity contribution is -0.131. The molecule has 0 heterocycles. The Balaban J connectivity index is 3.55. The first-order valence-electron chi connectivity index (χ1n) is 3.95. The van der Waals surface area contributed by atoms with E-state index in [0.717, 1.165) is 0 Å². The lowest BCUT2D eigenvalue weighted by Gasteiger charge is -2.04. The van der Waals surface area contributed by atoms with Gasteiger partial charge in [0, 0.05) is 0 Å². The van der Waals surface area contributed by atoms with Gasteiger partial charge in [-0.3, -0.25) is 4.79 Å². The molecule has 0 spiro atoms. The highest BCUT2D eigenvalue weighted by Gasteiger charge is 2.28. The number of ketones is 1. The zero-order valence-corrected chi connectivity index (χ0v) is 7.83. The summed E-state index contributed by atoms with van der Waals surface area (Å²) in [6.07, 6.45) is 0. The first-order chi connectivity index (χ1) is 7.77. The average Bonchev–Trinajstić information content (AvgIpc) is 2.21. The second-order valence-corrected chi connectivity index (χ2v) is 2.85. The summed E-state index contributed by atoms with van der Waals surface area (Å²) >= 11 is 0. The Hall–Kier alpha value is -2.38. The SMILES string of the molecule is O=C(O)C(=O)c1cc(F)c(C(=O)O)c(F)c1F. The van der Waals surface area contributed by atoms with Gasteiger partial charge < -0.3 is 10.2 Å². The van der Waals surface area contributed by atoms with Crippen molar-refractivity contribution < 1.29 is 37.8 Å². The van der Waals surface area contributed by atoms with Gasteiger partial charge in [-0.15, -0.1) is 0 Å². The van der Waals surface area contributed by atoms with Crippen molar-refractivity contribution in [2.45, 2.75) is 0 Å². The Kier molecular flexibility index (Phi) is 3.16. The molecule has 0 aromatic heterocycles. The second-order valence-electron chi connectivity index (χ2n) is 2.85. The summed E-state index contributed by atoms with van der Waals surface area (Å²) in [6.45, 7) is 0. The monoisotopic (exact) mass is 248 g/mol. The Labute approximate surface area is 91.1 Å². The number of benzene rings is 1. The van der Waals surface area contributed by atoms with Gasteiger partial charge in [-0.1, -0.05) is 0 Å². The highest BCUT2D eigenvalue weighted by molar-refractivity contribution is 6.39. The van der Waals surface area contributed by atoms with Crippen molar-refractivity contribution >= 4 is 17.7 Å². The van der Waals surface area contributed by atoms with Crippen LogP contribution in [-0.4, -0.2) is 27.9 Å². The maximum absolute atomic E-state index is 13.1. The van der Waals surface area contributed by atoms with Crippen LogP contribution in [0.3, 0.4) is 0 Å². The van der Waals surface area contributed by atoms with E-state index in [1.165, 1.54) is 0 Å². The second kappa shape index (κ2) is 4.24. The number of aromatic carboxylic acids is 1. The molecule has 1 aromatic carbocycles. The van der Waals surface area contributed by atoms with E-state index < -0.39 is 46.3 Å². The molecule has 0 atom stereocenters. The number of halogens is 3. The number of Topliss-reactive ketones (excluding diaryl/α,β-unsaturated/α-hetero) is 1. The number of carbonyl (C=O) groups excluding carboxylic acids is 1. The van der Waals surface area contributed by atoms with E-state index in [1.807, 2.05) is 0 Å². The van der Waals surface area contributed by atoms with Gasteiger partial charge in [0.1, 0.15) is 11.4 Å². The summed E-state index contributed by atoms with van der Waals surface area (Å²) in [5.41, 5.74) is -2.97. The molecule has 0 bridgehead atoms. The zero-order valence-electron chi connectivity index (χ0n) is 7.83. The number of aliphatic carboxylic acids is 1. The van der Waals surface area contributed by atoms with E-state index in [0.29, 0.717) is 0 Å². The fraction of sp³-hybridized carbons (Fsp3) is 0. The third-order valence-electron chi connectivity index (χ3n) is 1.81. The smallest absolute Gasteiger partial charge is 0.377 e. The summed E-state index contributed by atoms with van der Waals surface area (Å²) in [5.74, 6) is -11.9. The van der Waals surface area contributed by atoms with Gasteiger partial charge in [0.05, 0.1) is 5.56 Å². The van der Waals surface area contributed by atoms with E-state index >= 15 is 0 Å². The van der Waals surface area contributed by atoms with Crippen LogP contribution in [0.25, 0.3) is 0 Å². The van der Waals surface area contributed by atoms with E-state index in [-0.39, 0.29) is 6.07 Å². The van der Waals surface area contributed by atoms with Crippen LogP contribution in [0.5, 0.6) is 0 Å². The third-order valence-corrected chi connectivity index (χ3v) is 1.81. The van der Waals surface area contributed by atoms with Crippen LogP contribution in [0, 0.1) is 17.5 Å². The molecule has 0 fully saturated rings. The van der Waals surface area contributed by atoms with Crippen molar-refractivity contribution in [1.82, 2.24) is 0 Å². The Bertz CT molecular complexity index is 538. The minimum absolute atomic E-state index is 0.0261. The summed E-state index contributed by atoms with van der Waals surface area (Å²) in [4.78, 5) is 31.4. The standard InChI is InChI=1S/C9H3F3O5/c10-3-1-2(7(13)9(16)17)5(11)6(12)4(3)8(14)15/h1H,(H,14,15)(H,16,17). The predicted octanol–water partition coefficient (Wildman–Crippen LogP) is 1.07. The van der Waals surface area contributed by atoms with Crippen LogP contribution in [0.1, 0.15) is 20.7 Å². The van der Waals surface area contributed by atoms with Crippen LogP contribution in [-0.2, 0) is 4.79 Å². The molecule has 5 nitrogen and oxygen atoms in total. The Morgan fingerprint density at radius 3 is 1.94 bits per heavy atom. The molecule has 0 amide bonds. The van der Waals surface area contributed by atoms with Crippen molar-refractivity contribution in [3.8, 4) is 0 Å². The van der Waals surface area contributed by atoms with E-state index in [9.17, 15) is 27.6 Å². The number of hydrogen-bond donors (Lipinski definition) is 2. The molecule has 0 aliphatic carbocycles. The third kappa shape index (κ3) is 2.10. The highest BCUT2D eigenvalue weighted by Crippen LogP contribution is 2.20. The fourth-order valence-electron chi connectivity index (χ4n) is 1.07. The molecule has 17 heavy (non-hydrogen) atoms. The number of hydrogen-bond acceptors (Lipinski definition) is 3. The lowest BCUT2D eigenvalue weighted by Crippen LogP contribution is -2.18. The molecule has 1 aromatic rings. The lowest BCUT2D eigenvalue weighted by atomic mass is 10.1. The average molecular weight is 248 g/mol. The topological polar surface area (TPSA) is 91.7 Å². The minimum Gasteiger partial charge on any atom is -0.477 e. The molecule has 90 valence electrons. The minimum atomic E-state index is -2.12. The van der Waals surface area contributed by atoms with Crippen molar-refractivity contribution in [2.75, 3.05) is 0 Å². The van der Waals surface area contributed by atoms with Gasteiger partial charge in [-0.25, -0.2) is 22.8 Å². The van der Waals surface area contributed by atoms with Crippen molar-refractivity contribution in [2.24, 2.45) is 0 Å². The van der Waals surface area contributed by atoms with Crippen molar-refractivity contribution in [3.05, 3.63) is 34.6 Å². The molecular formula is C9H3F3O5. The molecule has 0 aliphatic rings. The van der Waals surface area contributed by atoms with Gasteiger partial charge in [0.25, 0.3) is 5.78 Å². The van der Waals surface area contributed by atoms with Gasteiger partial charge in [0.2, 0.25) is 0 Å². The summed E-state index contributed by atoms with van der Waals surface area (Å²) < 4.78 is 39.2. The number of rotatable bonds is 3. The van der Waals surface area contributed by atoms with Crippen LogP contribution in [0.15, 0.2) is 6.07 Å². The maximum Gasteiger partial charge on any atom is 0.377 e. The van der Waals surface area contributed by atoms with Gasteiger partial charge in [0.15, 0.2) is 11.6 Å². The normalized spacial score (nSPS) is 10.1. The molecule has 0 unspecified atom stereocenters. The molecule has 0 saturated carbocycles. The molecule has 0 aliphatic heterocycles. The van der Waals surface area contributed by atoms with Gasteiger partial charge >= 0.3 is 11.9 Å². The number of carboxylic acid groups (broad SMARTS) is 2. The van der Waals surface area contributed by atoms with Gasteiger partial charge in [-0.2, -0.15) is 0 Å². The molecule has 0 saturated heterocycles. The highest BCUT2D eigenvalue weighted by atomic mass is 19.2. The molecule has 2 N–H and O–H groups in total. The van der Waals surface area contributed by atoms with Crippen molar-refractivity contribution in [3.63, 3.8) is 0 Å². The number of carbonyl (C=O) groups is 3. The molecular weight excluding hydrogens is 245 g/mol. The maximum atomic E-state index is 13.1. The van der Waals surface area contributed by atoms with Crippen LogP contribution in [0.2, 0.25) is 0 Å². The van der Waals surface area contributed by atoms with Crippen LogP contribution >= 0.6 is 0 Å². The first kappa shape index (κ1) is 12.7. The van der Waals surface area contributed by atoms with E-state index in [1.54, 1.807) is 0 Å².